The number of carbonyl (C=O) groups is 2. The zero-order chi connectivity index (χ0) is 55.4. The number of unbranched alkanes of at least 4 members (excludes halogenated alkanes) is 28. The van der Waals surface area contributed by atoms with Crippen molar-refractivity contribution in [3.63, 3.8) is 0 Å². The molecule has 0 aliphatic carbocycles. The summed E-state index contributed by atoms with van der Waals surface area (Å²) in [4.78, 5) is 26.5. The average Bonchev–Trinajstić information content (AvgIpc) is 3.42. The largest absolute Gasteiger partial charge is 0.454 e. The molecule has 1 amide bonds. The molecule has 1 fully saturated rings. The lowest BCUT2D eigenvalue weighted by molar-refractivity contribution is -0.305. The Morgan fingerprint density at radius 2 is 0.908 bits per heavy atom. The predicted molar refractivity (Wildman–Crippen MR) is 315 cm³/mol. The molecule has 0 spiro atoms. The molecule has 0 aromatic carbocycles. The number of amides is 1. The van der Waals surface area contributed by atoms with Gasteiger partial charge < -0.3 is 45.1 Å². The number of allylic oxidation sites excluding steroid dienone is 11. The molecule has 0 aromatic rings. The van der Waals surface area contributed by atoms with Gasteiger partial charge in [0.25, 0.3) is 0 Å². The van der Waals surface area contributed by atoms with Crippen molar-refractivity contribution in [1.82, 2.24) is 5.32 Å². The zero-order valence-corrected chi connectivity index (χ0v) is 48.6. The minimum absolute atomic E-state index is 0.100. The van der Waals surface area contributed by atoms with Gasteiger partial charge >= 0.3 is 5.97 Å². The van der Waals surface area contributed by atoms with E-state index in [-0.39, 0.29) is 19.4 Å². The summed E-state index contributed by atoms with van der Waals surface area (Å²) in [5.74, 6) is -1.22. The normalized spacial score (nSPS) is 19.6. The Balaban J connectivity index is 2.68. The van der Waals surface area contributed by atoms with Gasteiger partial charge in [-0.05, 0) is 96.3 Å². The van der Waals surface area contributed by atoms with Crippen LogP contribution in [0, 0.1) is 0 Å². The molecule has 0 radical (unpaired) electrons. The lowest BCUT2D eigenvalue weighted by Gasteiger charge is -2.41. The van der Waals surface area contributed by atoms with Crippen molar-refractivity contribution in [1.29, 1.82) is 0 Å². The van der Waals surface area contributed by atoms with E-state index in [1.165, 1.54) is 116 Å². The molecule has 440 valence electrons. The Morgan fingerprint density at radius 3 is 1.39 bits per heavy atom. The van der Waals surface area contributed by atoms with Crippen LogP contribution in [-0.4, -0.2) is 99.6 Å². The second-order valence-electron chi connectivity index (χ2n) is 21.4. The van der Waals surface area contributed by atoms with Gasteiger partial charge in [0, 0.05) is 6.42 Å². The number of aliphatic hydroxyl groups excluding tert-OH is 5. The van der Waals surface area contributed by atoms with Crippen LogP contribution < -0.4 is 5.32 Å². The summed E-state index contributed by atoms with van der Waals surface area (Å²) in [6.07, 6.45) is 56.5. The molecule has 0 aromatic heterocycles. The third kappa shape index (κ3) is 40.3. The van der Waals surface area contributed by atoms with Crippen LogP contribution in [-0.2, 0) is 23.8 Å². The van der Waals surface area contributed by atoms with Gasteiger partial charge in [-0.1, -0.05) is 235 Å². The summed E-state index contributed by atoms with van der Waals surface area (Å²) in [6.45, 7) is 5.73. The summed E-state index contributed by atoms with van der Waals surface area (Å²) in [6, 6.07) is -1.04. The average molecular weight is 1070 g/mol. The highest BCUT2D eigenvalue weighted by atomic mass is 16.7. The van der Waals surface area contributed by atoms with Crippen LogP contribution in [0.15, 0.2) is 72.9 Å². The van der Waals surface area contributed by atoms with Gasteiger partial charge in [-0.3, -0.25) is 9.59 Å². The SMILES string of the molecule is CCCCC/C=C\C/C=C\C/C=C\C/C=C\CCCCCCCCC(O)C(=O)NC(COC1OC(CO)C(O)C(O)C1OC(=O)CCCCC/C=C\CCCCCCCC)C(O)/C=C/CCCCCCCCCCCC. The molecule has 1 heterocycles. The number of nitrogens with one attached hydrogen (secondary N) is 1. The number of carbonyl (C=O) groups excluding carboxylic acids is 2. The Kier molecular flexibility index (Phi) is 49.4. The number of aliphatic hydroxyl groups is 5. The molecule has 11 heteroatoms. The summed E-state index contributed by atoms with van der Waals surface area (Å²) < 4.78 is 17.6. The number of rotatable bonds is 52. The Labute approximate surface area is 464 Å². The summed E-state index contributed by atoms with van der Waals surface area (Å²) in [5, 5.41) is 56.9. The van der Waals surface area contributed by atoms with E-state index in [1.807, 2.05) is 6.08 Å². The topological polar surface area (TPSA) is 175 Å². The third-order valence-corrected chi connectivity index (χ3v) is 14.3. The van der Waals surface area contributed by atoms with Gasteiger partial charge in [-0.15, -0.1) is 0 Å². The minimum Gasteiger partial charge on any atom is -0.454 e. The van der Waals surface area contributed by atoms with E-state index in [1.54, 1.807) is 6.08 Å². The predicted octanol–water partition coefficient (Wildman–Crippen LogP) is 14.8. The molecule has 1 aliphatic heterocycles. The smallest absolute Gasteiger partial charge is 0.306 e. The molecule has 11 nitrogen and oxygen atoms in total. The van der Waals surface area contributed by atoms with Gasteiger partial charge in [-0.2, -0.15) is 0 Å². The number of ether oxygens (including phenoxy) is 3. The molecule has 1 rings (SSSR count). The van der Waals surface area contributed by atoms with Gasteiger partial charge in [0.1, 0.15) is 24.4 Å². The van der Waals surface area contributed by atoms with Gasteiger partial charge in [0.05, 0.1) is 25.4 Å². The van der Waals surface area contributed by atoms with Crippen LogP contribution in [0.3, 0.4) is 0 Å². The summed E-state index contributed by atoms with van der Waals surface area (Å²) in [5.41, 5.74) is 0. The van der Waals surface area contributed by atoms with E-state index in [4.69, 9.17) is 14.2 Å². The van der Waals surface area contributed by atoms with Gasteiger partial charge in [-0.25, -0.2) is 0 Å². The molecule has 0 bridgehead atoms. The first-order valence-electron chi connectivity index (χ1n) is 31.2. The van der Waals surface area contributed by atoms with Crippen molar-refractivity contribution in [2.45, 2.75) is 314 Å². The van der Waals surface area contributed by atoms with E-state index in [0.29, 0.717) is 12.8 Å². The van der Waals surface area contributed by atoms with E-state index in [9.17, 15) is 35.1 Å². The quantitative estimate of drug-likeness (QED) is 0.0195. The van der Waals surface area contributed by atoms with E-state index >= 15 is 0 Å². The minimum atomic E-state index is -1.62. The molecule has 6 N–H and O–H groups in total. The fourth-order valence-electron chi connectivity index (χ4n) is 9.33. The second-order valence-corrected chi connectivity index (χ2v) is 21.4. The van der Waals surface area contributed by atoms with Crippen LogP contribution in [0.2, 0.25) is 0 Å². The molecule has 1 saturated heterocycles. The lowest BCUT2D eigenvalue weighted by atomic mass is 9.99. The third-order valence-electron chi connectivity index (χ3n) is 14.3. The van der Waals surface area contributed by atoms with E-state index in [2.05, 4.69) is 86.8 Å². The molecular formula is C65H115NO10. The first-order chi connectivity index (χ1) is 37.2. The highest BCUT2D eigenvalue weighted by Crippen LogP contribution is 2.26. The molecule has 1 aliphatic rings. The standard InChI is InChI=1S/C65H115NO10/c1-4-7-10-13-16-19-22-25-26-27-28-29-30-31-32-33-35-37-40-43-46-49-52-58(69)64(73)66-56(57(68)51-48-45-42-39-36-24-21-18-15-12-9-6-3)55-74-65-63(62(72)61(71)59(54-67)75-65)76-60(70)53-50-47-44-41-38-34-23-20-17-14-11-8-5-2/h16,19,25-26,28-29,31-32,34,38,48,51,56-59,61-63,65,67-69,71-72H,4-15,17-18,20-24,27,30,33,35-37,39-47,49-50,52-55H2,1-3H3,(H,66,73)/b19-16-,26-25-,29-28-,32-31-,38-34-,51-48+. The highest BCUT2D eigenvalue weighted by molar-refractivity contribution is 5.80. The van der Waals surface area contributed by atoms with Crippen LogP contribution >= 0.6 is 0 Å². The molecule has 0 saturated carbocycles. The summed E-state index contributed by atoms with van der Waals surface area (Å²) in [7, 11) is 0. The fraction of sp³-hybridized carbons (Fsp3) is 0.785. The van der Waals surface area contributed by atoms with E-state index < -0.39 is 67.4 Å². The maximum atomic E-state index is 13.4. The Bertz CT molecular complexity index is 1510. The molecule has 8 unspecified atom stereocenters. The highest BCUT2D eigenvalue weighted by Gasteiger charge is 2.47. The van der Waals surface area contributed by atoms with Gasteiger partial charge in [0.2, 0.25) is 5.91 Å². The fourth-order valence-corrected chi connectivity index (χ4v) is 9.33. The van der Waals surface area contributed by atoms with Crippen molar-refractivity contribution >= 4 is 11.9 Å². The maximum absolute atomic E-state index is 13.4. The number of esters is 1. The van der Waals surface area contributed by atoms with Crippen LogP contribution in [0.25, 0.3) is 0 Å². The van der Waals surface area contributed by atoms with Crippen LogP contribution in [0.4, 0.5) is 0 Å². The van der Waals surface area contributed by atoms with Crippen molar-refractivity contribution in [3.05, 3.63) is 72.9 Å². The van der Waals surface area contributed by atoms with Crippen LogP contribution in [0.1, 0.15) is 265 Å². The maximum Gasteiger partial charge on any atom is 0.306 e. The number of hydrogen-bond donors (Lipinski definition) is 6. The Hall–Kier alpha value is -2.90. The lowest BCUT2D eigenvalue weighted by Crippen LogP contribution is -2.61. The van der Waals surface area contributed by atoms with Crippen molar-refractivity contribution < 1.29 is 49.3 Å². The van der Waals surface area contributed by atoms with Crippen LogP contribution in [0.5, 0.6) is 0 Å². The molecule has 8 atom stereocenters. The zero-order valence-electron chi connectivity index (χ0n) is 48.6. The Morgan fingerprint density at radius 1 is 0.513 bits per heavy atom. The van der Waals surface area contributed by atoms with Crippen molar-refractivity contribution in [2.24, 2.45) is 0 Å². The van der Waals surface area contributed by atoms with Crippen molar-refractivity contribution in [3.8, 4) is 0 Å². The van der Waals surface area contributed by atoms with Crippen molar-refractivity contribution in [2.75, 3.05) is 13.2 Å². The van der Waals surface area contributed by atoms with E-state index in [0.717, 1.165) is 103 Å². The first-order valence-corrected chi connectivity index (χ1v) is 31.2. The second kappa shape index (κ2) is 52.8. The number of hydrogen-bond acceptors (Lipinski definition) is 10. The first kappa shape index (κ1) is 71.1. The molecule has 76 heavy (non-hydrogen) atoms. The summed E-state index contributed by atoms with van der Waals surface area (Å²) >= 11 is 0. The monoisotopic (exact) mass is 1070 g/mol. The van der Waals surface area contributed by atoms with Gasteiger partial charge in [0.15, 0.2) is 12.4 Å². The molecular weight excluding hydrogens is 955 g/mol.